The summed E-state index contributed by atoms with van der Waals surface area (Å²) in [4.78, 5) is 27.1. The van der Waals surface area contributed by atoms with Crippen LogP contribution in [0, 0.1) is 10.5 Å². The number of imide groups is 1. The molecule has 3 aromatic carbocycles. The van der Waals surface area contributed by atoms with E-state index in [1.807, 2.05) is 68.4 Å². The van der Waals surface area contributed by atoms with Crippen LogP contribution in [0.3, 0.4) is 0 Å². The Balaban J connectivity index is 1.49. The summed E-state index contributed by atoms with van der Waals surface area (Å²) in [5, 5.41) is -0.266. The Bertz CT molecular complexity index is 1220. The molecule has 0 N–H and O–H groups in total. The van der Waals surface area contributed by atoms with Gasteiger partial charge in [-0.2, -0.15) is 0 Å². The Hall–Kier alpha value is -2.78. The van der Waals surface area contributed by atoms with Gasteiger partial charge in [0.2, 0.25) is 0 Å². The zero-order valence-electron chi connectivity index (χ0n) is 18.9. The number of nitrogens with zero attached hydrogens (tertiary/aromatic N) is 1. The quantitative estimate of drug-likeness (QED) is 0.215. The largest absolute Gasteiger partial charge is 0.490 e. The van der Waals surface area contributed by atoms with Crippen LogP contribution < -0.4 is 9.47 Å². The number of halogens is 1. The van der Waals surface area contributed by atoms with Gasteiger partial charge in [0.1, 0.15) is 6.61 Å². The summed E-state index contributed by atoms with van der Waals surface area (Å²) in [5.74, 6) is 0.944. The highest BCUT2D eigenvalue weighted by Gasteiger charge is 2.35. The number of ether oxygens (including phenoxy) is 2. The molecule has 0 spiro atoms. The van der Waals surface area contributed by atoms with Gasteiger partial charge in [-0.05, 0) is 95.2 Å². The third-order valence-corrected chi connectivity index (χ3v) is 6.83. The minimum absolute atomic E-state index is 0.259. The summed E-state index contributed by atoms with van der Waals surface area (Å²) in [6.07, 6.45) is 1.73. The maximum absolute atomic E-state index is 12.9. The van der Waals surface area contributed by atoms with E-state index in [0.29, 0.717) is 29.6 Å². The Morgan fingerprint density at radius 2 is 1.62 bits per heavy atom. The first-order chi connectivity index (χ1) is 16.4. The van der Waals surface area contributed by atoms with Gasteiger partial charge in [-0.25, -0.2) is 0 Å². The summed E-state index contributed by atoms with van der Waals surface area (Å²) >= 11 is 3.18. The van der Waals surface area contributed by atoms with Gasteiger partial charge in [0.05, 0.1) is 18.1 Å². The average molecular weight is 585 g/mol. The molecule has 3 aromatic rings. The predicted molar refractivity (Wildman–Crippen MR) is 144 cm³/mol. The molecule has 0 bridgehead atoms. The molecule has 1 fully saturated rings. The van der Waals surface area contributed by atoms with Crippen molar-refractivity contribution in [2.45, 2.75) is 27.0 Å². The molecule has 0 unspecified atom stereocenters. The zero-order valence-corrected chi connectivity index (χ0v) is 21.9. The molecule has 5 nitrogen and oxygen atoms in total. The van der Waals surface area contributed by atoms with Crippen molar-refractivity contribution < 1.29 is 19.1 Å². The number of carbonyl (C=O) groups is 2. The van der Waals surface area contributed by atoms with Crippen LogP contribution in [0.25, 0.3) is 6.08 Å². The monoisotopic (exact) mass is 585 g/mol. The lowest BCUT2D eigenvalue weighted by Gasteiger charge is -2.13. The van der Waals surface area contributed by atoms with Crippen LogP contribution in [0.2, 0.25) is 0 Å². The van der Waals surface area contributed by atoms with Crippen molar-refractivity contribution >= 4 is 51.6 Å². The molecule has 0 saturated carbocycles. The maximum atomic E-state index is 12.9. The first-order valence-electron chi connectivity index (χ1n) is 10.9. The van der Waals surface area contributed by atoms with Crippen molar-refractivity contribution in [3.05, 3.63) is 97.5 Å². The Labute approximate surface area is 217 Å². The van der Waals surface area contributed by atoms with Crippen LogP contribution in [0.4, 0.5) is 4.79 Å². The highest BCUT2D eigenvalue weighted by atomic mass is 127. The fourth-order valence-electron chi connectivity index (χ4n) is 3.41. The minimum Gasteiger partial charge on any atom is -0.490 e. The zero-order chi connectivity index (χ0) is 24.1. The summed E-state index contributed by atoms with van der Waals surface area (Å²) in [6.45, 7) is 5.13. The molecule has 1 aliphatic rings. The molecule has 7 heteroatoms. The van der Waals surface area contributed by atoms with E-state index in [1.165, 1.54) is 10.5 Å². The molecule has 1 aliphatic heterocycles. The van der Waals surface area contributed by atoms with Crippen molar-refractivity contribution in [2.24, 2.45) is 0 Å². The molecule has 1 heterocycles. The molecule has 0 aliphatic carbocycles. The van der Waals surface area contributed by atoms with Crippen molar-refractivity contribution in [3.8, 4) is 11.5 Å². The van der Waals surface area contributed by atoms with Crippen LogP contribution >= 0.6 is 34.4 Å². The molecule has 4 rings (SSSR count). The summed E-state index contributed by atoms with van der Waals surface area (Å²) < 4.78 is 12.9. The average Bonchev–Trinajstić information content (AvgIpc) is 3.08. The third-order valence-electron chi connectivity index (χ3n) is 5.21. The predicted octanol–water partition coefficient (Wildman–Crippen LogP) is 6.81. The van der Waals surface area contributed by atoms with Crippen LogP contribution in [-0.4, -0.2) is 22.7 Å². The molecule has 174 valence electrons. The number of hydrogen-bond acceptors (Lipinski definition) is 5. The number of aryl methyl sites for hydroxylation is 1. The Morgan fingerprint density at radius 3 is 2.32 bits per heavy atom. The minimum atomic E-state index is -0.286. The fraction of sp³-hybridized carbons (Fsp3) is 0.185. The van der Waals surface area contributed by atoms with Gasteiger partial charge in [0, 0.05) is 3.57 Å². The number of benzene rings is 3. The number of hydrogen-bond donors (Lipinski definition) is 0. The Morgan fingerprint density at radius 1 is 0.912 bits per heavy atom. The highest BCUT2D eigenvalue weighted by Crippen LogP contribution is 2.35. The molecule has 0 atom stereocenters. The number of thioether (sulfide) groups is 1. The lowest BCUT2D eigenvalue weighted by Crippen LogP contribution is -2.27. The van der Waals surface area contributed by atoms with Crippen molar-refractivity contribution in [3.63, 3.8) is 0 Å². The second-order valence-corrected chi connectivity index (χ2v) is 10.0. The molecular formula is C27H24INO4S. The first kappa shape index (κ1) is 24.3. The van der Waals surface area contributed by atoms with Crippen LogP contribution in [-0.2, 0) is 17.9 Å². The fourth-order valence-corrected chi connectivity index (χ4v) is 4.61. The Kier molecular flexibility index (Phi) is 7.95. The molecule has 2 amide bonds. The van der Waals surface area contributed by atoms with E-state index < -0.39 is 0 Å². The van der Waals surface area contributed by atoms with E-state index in [0.717, 1.165) is 32.0 Å². The smallest absolute Gasteiger partial charge is 0.293 e. The van der Waals surface area contributed by atoms with E-state index in [9.17, 15) is 9.59 Å². The van der Waals surface area contributed by atoms with Gasteiger partial charge < -0.3 is 9.47 Å². The number of amides is 2. The van der Waals surface area contributed by atoms with Crippen molar-refractivity contribution in [1.82, 2.24) is 4.90 Å². The van der Waals surface area contributed by atoms with E-state index >= 15 is 0 Å². The van der Waals surface area contributed by atoms with E-state index in [4.69, 9.17) is 9.47 Å². The maximum Gasteiger partial charge on any atom is 0.293 e. The van der Waals surface area contributed by atoms with E-state index in [2.05, 4.69) is 34.7 Å². The topological polar surface area (TPSA) is 55.8 Å². The van der Waals surface area contributed by atoms with Crippen LogP contribution in [0.1, 0.15) is 29.2 Å². The summed E-state index contributed by atoms with van der Waals surface area (Å²) in [5.41, 5.74) is 3.95. The van der Waals surface area contributed by atoms with Gasteiger partial charge in [-0.15, -0.1) is 0 Å². The van der Waals surface area contributed by atoms with Gasteiger partial charge in [0.15, 0.2) is 11.5 Å². The third kappa shape index (κ3) is 6.01. The van der Waals surface area contributed by atoms with E-state index in [1.54, 1.807) is 6.08 Å². The normalized spacial score (nSPS) is 14.7. The van der Waals surface area contributed by atoms with E-state index in [-0.39, 0.29) is 17.7 Å². The second-order valence-electron chi connectivity index (χ2n) is 7.81. The van der Waals surface area contributed by atoms with Crippen molar-refractivity contribution in [2.75, 3.05) is 6.61 Å². The second kappa shape index (κ2) is 11.1. The lowest BCUT2D eigenvalue weighted by atomic mass is 10.1. The van der Waals surface area contributed by atoms with Gasteiger partial charge >= 0.3 is 0 Å². The first-order valence-corrected chi connectivity index (χ1v) is 12.8. The van der Waals surface area contributed by atoms with Gasteiger partial charge in [0.25, 0.3) is 11.1 Å². The lowest BCUT2D eigenvalue weighted by molar-refractivity contribution is -0.123. The van der Waals surface area contributed by atoms with Crippen LogP contribution in [0.5, 0.6) is 11.5 Å². The van der Waals surface area contributed by atoms with Gasteiger partial charge in [-0.1, -0.05) is 48.0 Å². The van der Waals surface area contributed by atoms with Crippen molar-refractivity contribution in [1.29, 1.82) is 0 Å². The standard InChI is InChI=1S/C27H24INO4S/c1-3-32-24-14-21(10-13-23(24)33-17-20-6-4-18(2)5-7-20)15-25-26(30)29(27(31)34-25)16-19-8-11-22(28)12-9-19/h4-15H,3,16-17H2,1-2H3/b25-15-. The summed E-state index contributed by atoms with van der Waals surface area (Å²) in [7, 11) is 0. The molecule has 0 aromatic heterocycles. The number of carbonyl (C=O) groups excluding carboxylic acids is 2. The molecule has 1 saturated heterocycles. The molecule has 0 radical (unpaired) electrons. The number of rotatable bonds is 8. The highest BCUT2D eigenvalue weighted by molar-refractivity contribution is 14.1. The molecule has 34 heavy (non-hydrogen) atoms. The van der Waals surface area contributed by atoms with Gasteiger partial charge in [-0.3, -0.25) is 14.5 Å². The molecular weight excluding hydrogens is 561 g/mol. The summed E-state index contributed by atoms with van der Waals surface area (Å²) in [6, 6.07) is 21.5. The SMILES string of the molecule is CCOc1cc(/C=C2\SC(=O)N(Cc3ccc(I)cc3)C2=O)ccc1OCc1ccc(C)cc1. The van der Waals surface area contributed by atoms with Crippen LogP contribution in [0.15, 0.2) is 71.6 Å².